The summed E-state index contributed by atoms with van der Waals surface area (Å²) in [6, 6.07) is 5.29. The number of benzene rings is 1. The molecule has 0 bridgehead atoms. The number of hydrogen-bond donors (Lipinski definition) is 0. The van der Waals surface area contributed by atoms with Crippen molar-refractivity contribution < 1.29 is 9.32 Å². The molecule has 1 amide bonds. The van der Waals surface area contributed by atoms with Gasteiger partial charge in [0.2, 0.25) is 11.7 Å². The monoisotopic (exact) mass is 428 g/mol. The molecular weight excluding hydrogens is 404 g/mol. The lowest BCUT2D eigenvalue weighted by molar-refractivity contribution is 0.0788. The minimum atomic E-state index is -0.0919. The van der Waals surface area contributed by atoms with Crippen molar-refractivity contribution in [3.8, 4) is 17.2 Å². The van der Waals surface area contributed by atoms with E-state index in [1.54, 1.807) is 30.4 Å². The van der Waals surface area contributed by atoms with Gasteiger partial charge in [0, 0.05) is 12.1 Å². The Hall–Kier alpha value is -2.71. The second-order valence-electron chi connectivity index (χ2n) is 7.52. The van der Waals surface area contributed by atoms with E-state index in [0.29, 0.717) is 41.1 Å². The number of aromatic nitrogens is 4. The van der Waals surface area contributed by atoms with Gasteiger partial charge in [0.25, 0.3) is 5.91 Å². The van der Waals surface area contributed by atoms with Gasteiger partial charge in [0.15, 0.2) is 0 Å². The van der Waals surface area contributed by atoms with Crippen LogP contribution < -0.4 is 0 Å². The number of carbonyl (C=O) groups is 1. The van der Waals surface area contributed by atoms with E-state index in [1.807, 2.05) is 10.6 Å². The molecule has 158 valence electrons. The molecule has 1 aliphatic rings. The first-order valence-corrected chi connectivity index (χ1v) is 10.6. The molecule has 0 fully saturated rings. The first kappa shape index (κ1) is 20.6. The summed E-state index contributed by atoms with van der Waals surface area (Å²) in [7, 11) is 1.76. The van der Waals surface area contributed by atoms with Crippen molar-refractivity contribution in [2.24, 2.45) is 0 Å². The number of nitrogens with zero attached hydrogens (tertiary/aromatic N) is 6. The molecule has 4 rings (SSSR count). The normalized spacial score (nSPS) is 13.5. The lowest BCUT2D eigenvalue weighted by Crippen LogP contribution is -2.25. The summed E-state index contributed by atoms with van der Waals surface area (Å²) in [6.45, 7) is 7.28. The Morgan fingerprint density at radius 2 is 2.00 bits per heavy atom. The topological polar surface area (TPSA) is 80.3 Å². The molecule has 3 heterocycles. The van der Waals surface area contributed by atoms with Crippen molar-refractivity contribution in [3.63, 3.8) is 0 Å². The maximum atomic E-state index is 12.8. The van der Waals surface area contributed by atoms with Gasteiger partial charge in [-0.3, -0.25) is 14.3 Å². The van der Waals surface area contributed by atoms with Crippen LogP contribution in [-0.2, 0) is 13.1 Å². The molecule has 0 aliphatic carbocycles. The van der Waals surface area contributed by atoms with E-state index in [0.717, 1.165) is 37.3 Å². The van der Waals surface area contributed by atoms with Gasteiger partial charge in [0.05, 0.1) is 30.0 Å². The molecule has 0 saturated carbocycles. The summed E-state index contributed by atoms with van der Waals surface area (Å²) in [4.78, 5) is 25.9. The average Bonchev–Trinajstić information content (AvgIpc) is 3.32. The first-order chi connectivity index (χ1) is 14.5. The van der Waals surface area contributed by atoms with Gasteiger partial charge in [-0.15, -0.1) is 0 Å². The summed E-state index contributed by atoms with van der Waals surface area (Å²) in [6.07, 6.45) is 3.83. The number of halogens is 1. The zero-order valence-corrected chi connectivity index (χ0v) is 18.2. The SMILES string of the molecule is CCCN(CCC)Cc1nc(-c2ncn3c2CN(C)C(=O)c2cc(Cl)ccc2-3)no1. The van der Waals surface area contributed by atoms with Gasteiger partial charge in [-0.25, -0.2) is 4.98 Å². The van der Waals surface area contributed by atoms with Crippen LogP contribution in [0, 0.1) is 0 Å². The van der Waals surface area contributed by atoms with Crippen molar-refractivity contribution in [1.82, 2.24) is 29.5 Å². The van der Waals surface area contributed by atoms with Crippen LogP contribution in [0.1, 0.15) is 48.6 Å². The molecule has 0 N–H and O–H groups in total. The smallest absolute Gasteiger partial charge is 0.256 e. The van der Waals surface area contributed by atoms with Crippen LogP contribution in [0.3, 0.4) is 0 Å². The van der Waals surface area contributed by atoms with Gasteiger partial charge in [-0.2, -0.15) is 4.98 Å². The number of amides is 1. The average molecular weight is 429 g/mol. The molecule has 1 aliphatic heterocycles. The van der Waals surface area contributed by atoms with Crippen LogP contribution in [0.2, 0.25) is 5.02 Å². The largest absolute Gasteiger partial charge is 0.337 e. The minimum Gasteiger partial charge on any atom is -0.337 e. The van der Waals surface area contributed by atoms with Gasteiger partial charge in [-0.05, 0) is 44.1 Å². The summed E-state index contributed by atoms with van der Waals surface area (Å²) in [5.74, 6) is 0.912. The van der Waals surface area contributed by atoms with Crippen molar-refractivity contribution in [2.45, 2.75) is 39.8 Å². The van der Waals surface area contributed by atoms with Gasteiger partial charge >= 0.3 is 0 Å². The van der Waals surface area contributed by atoms with E-state index < -0.39 is 0 Å². The van der Waals surface area contributed by atoms with Gasteiger partial charge in [0.1, 0.15) is 12.0 Å². The highest BCUT2D eigenvalue weighted by atomic mass is 35.5. The summed E-state index contributed by atoms with van der Waals surface area (Å²) in [5.41, 5.74) is 2.72. The fourth-order valence-corrected chi connectivity index (χ4v) is 3.99. The highest BCUT2D eigenvalue weighted by Crippen LogP contribution is 2.30. The zero-order valence-electron chi connectivity index (χ0n) is 17.4. The minimum absolute atomic E-state index is 0.0919. The lowest BCUT2D eigenvalue weighted by atomic mass is 10.1. The van der Waals surface area contributed by atoms with Crippen LogP contribution >= 0.6 is 11.6 Å². The maximum absolute atomic E-state index is 12.8. The van der Waals surface area contributed by atoms with Crippen LogP contribution in [-0.4, -0.2) is 55.5 Å². The van der Waals surface area contributed by atoms with E-state index >= 15 is 0 Å². The Labute approximate surface area is 180 Å². The Morgan fingerprint density at radius 3 is 2.73 bits per heavy atom. The van der Waals surface area contributed by atoms with E-state index in [2.05, 4.69) is 33.9 Å². The van der Waals surface area contributed by atoms with E-state index in [4.69, 9.17) is 16.1 Å². The number of fused-ring (bicyclic) bond motifs is 3. The standard InChI is InChI=1S/C21H25ClN6O2/c1-4-8-27(9-5-2)12-18-24-20(25-30-18)19-17-11-26(3)21(29)15-10-14(22)6-7-16(15)28(17)13-23-19/h6-7,10,13H,4-5,8-9,11-12H2,1-3H3. The molecule has 0 radical (unpaired) electrons. The second kappa shape index (κ2) is 8.57. The van der Waals surface area contributed by atoms with Gasteiger partial charge in [-0.1, -0.05) is 30.6 Å². The molecule has 3 aromatic rings. The number of hydrogen-bond acceptors (Lipinski definition) is 6. The van der Waals surface area contributed by atoms with Crippen LogP contribution in [0.5, 0.6) is 0 Å². The molecule has 0 spiro atoms. The maximum Gasteiger partial charge on any atom is 0.256 e. The Morgan fingerprint density at radius 1 is 1.23 bits per heavy atom. The molecule has 0 unspecified atom stereocenters. The van der Waals surface area contributed by atoms with Crippen molar-refractivity contribution in [3.05, 3.63) is 46.7 Å². The molecule has 8 nitrogen and oxygen atoms in total. The zero-order chi connectivity index (χ0) is 21.3. The molecular formula is C21H25ClN6O2. The molecule has 1 aromatic carbocycles. The van der Waals surface area contributed by atoms with E-state index in [-0.39, 0.29) is 5.91 Å². The summed E-state index contributed by atoms with van der Waals surface area (Å²) < 4.78 is 7.42. The number of rotatable bonds is 7. The molecule has 0 saturated heterocycles. The van der Waals surface area contributed by atoms with Crippen molar-refractivity contribution in [1.29, 1.82) is 0 Å². The molecule has 30 heavy (non-hydrogen) atoms. The van der Waals surface area contributed by atoms with Crippen molar-refractivity contribution >= 4 is 17.5 Å². The van der Waals surface area contributed by atoms with E-state index in [1.165, 1.54) is 0 Å². The summed E-state index contributed by atoms with van der Waals surface area (Å²) in [5, 5.41) is 4.69. The Balaban J connectivity index is 1.69. The highest BCUT2D eigenvalue weighted by Gasteiger charge is 2.28. The predicted octanol–water partition coefficient (Wildman–Crippen LogP) is 3.78. The van der Waals surface area contributed by atoms with E-state index in [9.17, 15) is 4.79 Å². The highest BCUT2D eigenvalue weighted by molar-refractivity contribution is 6.31. The number of imidazole rings is 1. The number of carbonyl (C=O) groups excluding carboxylic acids is 1. The lowest BCUT2D eigenvalue weighted by Gasteiger charge is -2.18. The third kappa shape index (κ3) is 3.85. The fraction of sp³-hybridized carbons (Fsp3) is 0.429. The fourth-order valence-electron chi connectivity index (χ4n) is 3.82. The van der Waals surface area contributed by atoms with Crippen LogP contribution in [0.15, 0.2) is 29.0 Å². The third-order valence-electron chi connectivity index (χ3n) is 5.17. The predicted molar refractivity (Wildman–Crippen MR) is 114 cm³/mol. The summed E-state index contributed by atoms with van der Waals surface area (Å²) >= 11 is 6.13. The quantitative estimate of drug-likeness (QED) is 0.569. The molecule has 2 aromatic heterocycles. The van der Waals surface area contributed by atoms with Crippen LogP contribution in [0.4, 0.5) is 0 Å². The van der Waals surface area contributed by atoms with Gasteiger partial charge < -0.3 is 9.42 Å². The van der Waals surface area contributed by atoms with Crippen molar-refractivity contribution in [2.75, 3.05) is 20.1 Å². The molecule has 9 heteroatoms. The molecule has 0 atom stereocenters. The Kier molecular flexibility index (Phi) is 5.87. The Bertz CT molecular complexity index is 1050. The van der Waals surface area contributed by atoms with Crippen LogP contribution in [0.25, 0.3) is 17.2 Å². The third-order valence-corrected chi connectivity index (χ3v) is 5.40. The first-order valence-electron chi connectivity index (χ1n) is 10.2. The second-order valence-corrected chi connectivity index (χ2v) is 7.96.